The van der Waals surface area contributed by atoms with E-state index in [0.717, 1.165) is 30.6 Å². The van der Waals surface area contributed by atoms with E-state index in [9.17, 15) is 0 Å². The van der Waals surface area contributed by atoms with Crippen LogP contribution in [0.2, 0.25) is 0 Å². The lowest BCUT2D eigenvalue weighted by Crippen LogP contribution is -2.40. The predicted molar refractivity (Wildman–Crippen MR) is 109 cm³/mol. The SMILES string of the molecule is CN=C(NCc1nnc(C)n1C)N1CCc2cc(-c3ccccc3)ccc21. The molecule has 2 heterocycles. The van der Waals surface area contributed by atoms with Gasteiger partial charge in [-0.1, -0.05) is 36.4 Å². The number of benzene rings is 2. The first-order chi connectivity index (χ1) is 13.2. The van der Waals surface area contributed by atoms with Crippen molar-refractivity contribution in [3.05, 3.63) is 65.7 Å². The molecule has 4 rings (SSSR count). The van der Waals surface area contributed by atoms with Crippen molar-refractivity contribution in [2.45, 2.75) is 19.9 Å². The number of hydrogen-bond donors (Lipinski definition) is 1. The average Bonchev–Trinajstić information content (AvgIpc) is 3.27. The Morgan fingerprint density at radius 1 is 1.11 bits per heavy atom. The van der Waals surface area contributed by atoms with Gasteiger partial charge in [0.25, 0.3) is 0 Å². The van der Waals surface area contributed by atoms with Gasteiger partial charge in [-0.3, -0.25) is 4.99 Å². The molecule has 0 spiro atoms. The first-order valence-electron chi connectivity index (χ1n) is 9.19. The van der Waals surface area contributed by atoms with Crippen LogP contribution < -0.4 is 10.2 Å². The molecule has 3 aromatic rings. The van der Waals surface area contributed by atoms with E-state index in [4.69, 9.17) is 0 Å². The van der Waals surface area contributed by atoms with Crippen molar-refractivity contribution >= 4 is 11.6 Å². The molecule has 1 aliphatic heterocycles. The van der Waals surface area contributed by atoms with Crippen molar-refractivity contribution in [3.63, 3.8) is 0 Å². The monoisotopic (exact) mass is 360 g/mol. The third-order valence-corrected chi connectivity index (χ3v) is 5.14. The van der Waals surface area contributed by atoms with Gasteiger partial charge in [-0.05, 0) is 42.2 Å². The number of rotatable bonds is 3. The summed E-state index contributed by atoms with van der Waals surface area (Å²) in [6.07, 6.45) is 1.01. The molecule has 0 aliphatic carbocycles. The van der Waals surface area contributed by atoms with Crippen molar-refractivity contribution < 1.29 is 0 Å². The Morgan fingerprint density at radius 3 is 2.63 bits per heavy atom. The first-order valence-corrected chi connectivity index (χ1v) is 9.19. The van der Waals surface area contributed by atoms with E-state index in [1.807, 2.05) is 31.7 Å². The standard InChI is InChI=1S/C21H24N6/c1-15-24-25-20(26(15)3)14-23-21(22-2)27-12-11-18-13-17(9-10-19(18)27)16-7-5-4-6-8-16/h4-10,13H,11-12,14H2,1-3H3,(H,22,23). The lowest BCUT2D eigenvalue weighted by molar-refractivity contribution is 0.729. The minimum Gasteiger partial charge on any atom is -0.349 e. The molecule has 1 N–H and O–H groups in total. The van der Waals surface area contributed by atoms with Crippen molar-refractivity contribution in [2.24, 2.45) is 12.0 Å². The van der Waals surface area contributed by atoms with Gasteiger partial charge in [0.15, 0.2) is 11.8 Å². The summed E-state index contributed by atoms with van der Waals surface area (Å²) in [5, 5.41) is 11.7. The lowest BCUT2D eigenvalue weighted by atomic mass is 10.0. The summed E-state index contributed by atoms with van der Waals surface area (Å²) in [4.78, 5) is 6.72. The number of aliphatic imine (C=N–C) groups is 1. The maximum atomic E-state index is 4.48. The van der Waals surface area contributed by atoms with Crippen LogP contribution in [-0.2, 0) is 20.0 Å². The largest absolute Gasteiger partial charge is 0.349 e. The van der Waals surface area contributed by atoms with Crippen molar-refractivity contribution in [3.8, 4) is 11.1 Å². The van der Waals surface area contributed by atoms with Gasteiger partial charge >= 0.3 is 0 Å². The maximum Gasteiger partial charge on any atom is 0.198 e. The normalized spacial score (nSPS) is 13.7. The number of anilines is 1. The molecule has 27 heavy (non-hydrogen) atoms. The predicted octanol–water partition coefficient (Wildman–Crippen LogP) is 2.93. The molecule has 0 saturated carbocycles. The van der Waals surface area contributed by atoms with E-state index in [1.165, 1.54) is 22.4 Å². The maximum absolute atomic E-state index is 4.48. The van der Waals surface area contributed by atoms with Gasteiger partial charge in [0, 0.05) is 26.3 Å². The summed E-state index contributed by atoms with van der Waals surface area (Å²) in [5.74, 6) is 2.66. The Morgan fingerprint density at radius 2 is 1.93 bits per heavy atom. The Kier molecular flexibility index (Phi) is 4.62. The van der Waals surface area contributed by atoms with Crippen molar-refractivity contribution in [1.82, 2.24) is 20.1 Å². The molecule has 0 saturated heterocycles. The van der Waals surface area contributed by atoms with Crippen LogP contribution >= 0.6 is 0 Å². The number of aromatic nitrogens is 3. The van der Waals surface area contributed by atoms with Gasteiger partial charge in [0.05, 0.1) is 6.54 Å². The number of fused-ring (bicyclic) bond motifs is 1. The highest BCUT2D eigenvalue weighted by molar-refractivity contribution is 5.98. The third-order valence-electron chi connectivity index (χ3n) is 5.14. The number of nitrogens with zero attached hydrogens (tertiary/aromatic N) is 5. The second kappa shape index (κ2) is 7.23. The number of aryl methyl sites for hydroxylation is 1. The van der Waals surface area contributed by atoms with E-state index in [0.29, 0.717) is 6.54 Å². The summed E-state index contributed by atoms with van der Waals surface area (Å²) in [6.45, 7) is 3.47. The number of guanidine groups is 1. The van der Waals surface area contributed by atoms with Crippen LogP contribution in [0.1, 0.15) is 17.2 Å². The Labute approximate surface area is 159 Å². The molecular weight excluding hydrogens is 336 g/mol. The highest BCUT2D eigenvalue weighted by Gasteiger charge is 2.23. The van der Waals surface area contributed by atoms with Crippen LogP contribution in [-0.4, -0.2) is 34.3 Å². The van der Waals surface area contributed by atoms with Crippen molar-refractivity contribution in [1.29, 1.82) is 0 Å². The zero-order chi connectivity index (χ0) is 18.8. The fraction of sp³-hybridized carbons (Fsp3) is 0.286. The van der Waals surface area contributed by atoms with Gasteiger partial charge < -0.3 is 14.8 Å². The Balaban J connectivity index is 1.53. The van der Waals surface area contributed by atoms with Crippen LogP contribution in [0.25, 0.3) is 11.1 Å². The highest BCUT2D eigenvalue weighted by atomic mass is 15.3. The van der Waals surface area contributed by atoms with Crippen LogP contribution in [0.3, 0.4) is 0 Å². The molecule has 2 aromatic carbocycles. The molecule has 6 nitrogen and oxygen atoms in total. The fourth-order valence-electron chi connectivity index (χ4n) is 3.49. The first kappa shape index (κ1) is 17.3. The molecule has 1 aromatic heterocycles. The Bertz CT molecular complexity index is 974. The van der Waals surface area contributed by atoms with Crippen LogP contribution in [0.4, 0.5) is 5.69 Å². The highest BCUT2D eigenvalue weighted by Crippen LogP contribution is 2.32. The minimum absolute atomic E-state index is 0.595. The van der Waals surface area contributed by atoms with Gasteiger partial charge in [0.2, 0.25) is 0 Å². The second-order valence-corrected chi connectivity index (χ2v) is 6.73. The molecule has 0 amide bonds. The summed E-state index contributed by atoms with van der Waals surface area (Å²) >= 11 is 0. The molecule has 0 radical (unpaired) electrons. The van der Waals surface area contributed by atoms with Gasteiger partial charge in [-0.15, -0.1) is 10.2 Å². The van der Waals surface area contributed by atoms with E-state index in [2.05, 4.69) is 67.9 Å². The smallest absolute Gasteiger partial charge is 0.198 e. The molecular formula is C21H24N6. The quantitative estimate of drug-likeness (QED) is 0.576. The molecule has 6 heteroatoms. The third kappa shape index (κ3) is 3.30. The summed E-state index contributed by atoms with van der Waals surface area (Å²) in [5.41, 5.74) is 5.08. The summed E-state index contributed by atoms with van der Waals surface area (Å²) in [7, 11) is 3.80. The molecule has 0 unspecified atom stereocenters. The van der Waals surface area contributed by atoms with E-state index in [1.54, 1.807) is 0 Å². The number of hydrogen-bond acceptors (Lipinski definition) is 3. The summed E-state index contributed by atoms with van der Waals surface area (Å²) in [6, 6.07) is 17.2. The average molecular weight is 360 g/mol. The topological polar surface area (TPSA) is 58.3 Å². The van der Waals surface area contributed by atoms with E-state index < -0.39 is 0 Å². The minimum atomic E-state index is 0.595. The second-order valence-electron chi connectivity index (χ2n) is 6.73. The fourth-order valence-corrected chi connectivity index (χ4v) is 3.49. The Hall–Kier alpha value is -3.15. The van der Waals surface area contributed by atoms with Crippen LogP contribution in [0, 0.1) is 6.92 Å². The molecule has 138 valence electrons. The van der Waals surface area contributed by atoms with E-state index in [-0.39, 0.29) is 0 Å². The molecule has 0 fully saturated rings. The van der Waals surface area contributed by atoms with Crippen LogP contribution in [0.15, 0.2) is 53.5 Å². The lowest BCUT2D eigenvalue weighted by Gasteiger charge is -2.22. The van der Waals surface area contributed by atoms with Crippen LogP contribution in [0.5, 0.6) is 0 Å². The zero-order valence-corrected chi connectivity index (χ0v) is 16.0. The molecule has 1 aliphatic rings. The molecule has 0 atom stereocenters. The van der Waals surface area contributed by atoms with Gasteiger partial charge in [-0.25, -0.2) is 0 Å². The van der Waals surface area contributed by atoms with Gasteiger partial charge in [-0.2, -0.15) is 0 Å². The molecule has 0 bridgehead atoms. The van der Waals surface area contributed by atoms with E-state index >= 15 is 0 Å². The zero-order valence-electron chi connectivity index (χ0n) is 16.0. The summed E-state index contributed by atoms with van der Waals surface area (Å²) < 4.78 is 1.99. The van der Waals surface area contributed by atoms with Gasteiger partial charge in [0.1, 0.15) is 5.82 Å². The number of nitrogens with one attached hydrogen (secondary N) is 1. The van der Waals surface area contributed by atoms with Crippen molar-refractivity contribution in [2.75, 3.05) is 18.5 Å².